The second kappa shape index (κ2) is 6.15. The van der Waals surface area contributed by atoms with Crippen LogP contribution in [0.4, 0.5) is 11.6 Å². The number of rotatable bonds is 5. The molecule has 0 saturated carbocycles. The van der Waals surface area contributed by atoms with Crippen molar-refractivity contribution in [3.05, 3.63) is 42.5 Å². The number of pyridine rings is 1. The van der Waals surface area contributed by atoms with E-state index >= 15 is 0 Å². The summed E-state index contributed by atoms with van der Waals surface area (Å²) in [6.45, 7) is 0.757. The van der Waals surface area contributed by atoms with Crippen LogP contribution in [0.2, 0.25) is 0 Å². The molecule has 6 heteroatoms. The van der Waals surface area contributed by atoms with E-state index in [4.69, 9.17) is 5.26 Å². The lowest BCUT2D eigenvalue weighted by atomic mass is 10.2. The van der Waals surface area contributed by atoms with Gasteiger partial charge in [0.25, 0.3) is 0 Å². The van der Waals surface area contributed by atoms with Crippen LogP contribution >= 0.6 is 0 Å². The average molecular weight is 240 g/mol. The Hall–Kier alpha value is -2.68. The maximum Gasteiger partial charge on any atom is 0.182 e. The molecule has 0 amide bonds. The molecule has 0 spiro atoms. The molecule has 0 unspecified atom stereocenters. The van der Waals surface area contributed by atoms with Gasteiger partial charge in [0.05, 0.1) is 0 Å². The van der Waals surface area contributed by atoms with Gasteiger partial charge in [-0.1, -0.05) is 0 Å². The van der Waals surface area contributed by atoms with Gasteiger partial charge < -0.3 is 5.32 Å². The van der Waals surface area contributed by atoms with Crippen molar-refractivity contribution in [2.75, 3.05) is 17.2 Å². The minimum absolute atomic E-state index is 0.485. The summed E-state index contributed by atoms with van der Waals surface area (Å²) >= 11 is 0. The van der Waals surface area contributed by atoms with E-state index in [-0.39, 0.29) is 0 Å². The molecule has 90 valence electrons. The van der Waals surface area contributed by atoms with Crippen LogP contribution in [0.25, 0.3) is 0 Å². The Labute approximate surface area is 105 Å². The Kier molecular flexibility index (Phi) is 4.03. The van der Waals surface area contributed by atoms with Gasteiger partial charge in [0.2, 0.25) is 0 Å². The Morgan fingerprint density at radius 3 is 2.72 bits per heavy atom. The molecule has 0 saturated heterocycles. The highest BCUT2D eigenvalue weighted by Crippen LogP contribution is 2.08. The van der Waals surface area contributed by atoms with Gasteiger partial charge in [0.1, 0.15) is 18.0 Å². The van der Waals surface area contributed by atoms with Crippen LogP contribution < -0.4 is 10.6 Å². The molecule has 2 aromatic heterocycles. The van der Waals surface area contributed by atoms with Crippen molar-refractivity contribution in [1.82, 2.24) is 15.0 Å². The van der Waals surface area contributed by atoms with Gasteiger partial charge in [-0.15, -0.1) is 0 Å². The van der Waals surface area contributed by atoms with E-state index in [0.29, 0.717) is 11.6 Å². The van der Waals surface area contributed by atoms with Gasteiger partial charge in [-0.25, -0.2) is 9.97 Å². The van der Waals surface area contributed by atoms with Crippen molar-refractivity contribution >= 4 is 11.6 Å². The highest BCUT2D eigenvalue weighted by molar-refractivity contribution is 5.48. The van der Waals surface area contributed by atoms with Crippen LogP contribution in [0.15, 0.2) is 36.9 Å². The van der Waals surface area contributed by atoms with E-state index in [1.165, 1.54) is 11.9 Å². The summed E-state index contributed by atoms with van der Waals surface area (Å²) in [4.78, 5) is 11.9. The minimum Gasteiger partial charge on any atom is -0.370 e. The summed E-state index contributed by atoms with van der Waals surface area (Å²) in [5.41, 5.74) is 1.21. The number of aromatic nitrogens is 3. The third kappa shape index (κ3) is 3.42. The van der Waals surface area contributed by atoms with Gasteiger partial charge in [-0.05, 0) is 24.1 Å². The molecular formula is C12H12N6. The molecule has 0 aromatic carbocycles. The molecule has 2 heterocycles. The normalized spacial score (nSPS) is 9.50. The molecule has 0 atom stereocenters. The van der Waals surface area contributed by atoms with E-state index in [1.54, 1.807) is 18.5 Å². The lowest BCUT2D eigenvalue weighted by Gasteiger charge is -2.06. The van der Waals surface area contributed by atoms with E-state index in [9.17, 15) is 0 Å². The van der Waals surface area contributed by atoms with Gasteiger partial charge >= 0.3 is 0 Å². The topological polar surface area (TPSA) is 86.5 Å². The summed E-state index contributed by atoms with van der Waals surface area (Å²) in [6.07, 6.45) is 7.66. The van der Waals surface area contributed by atoms with E-state index in [1.807, 2.05) is 18.3 Å². The Balaban J connectivity index is 1.87. The molecule has 2 aromatic rings. The lowest BCUT2D eigenvalue weighted by molar-refractivity contribution is 0.994. The third-order valence-electron chi connectivity index (χ3n) is 2.32. The number of anilines is 2. The van der Waals surface area contributed by atoms with Gasteiger partial charge in [-0.2, -0.15) is 5.26 Å². The molecule has 0 radical (unpaired) electrons. The number of hydrogen-bond acceptors (Lipinski definition) is 6. The van der Waals surface area contributed by atoms with Gasteiger partial charge in [0.15, 0.2) is 6.19 Å². The molecule has 2 N–H and O–H groups in total. The number of nitrogens with one attached hydrogen (secondary N) is 2. The maximum atomic E-state index is 8.49. The maximum absolute atomic E-state index is 8.49. The lowest BCUT2D eigenvalue weighted by Crippen LogP contribution is -2.07. The first kappa shape index (κ1) is 11.8. The van der Waals surface area contributed by atoms with E-state index < -0.39 is 0 Å². The van der Waals surface area contributed by atoms with Crippen LogP contribution in [0.5, 0.6) is 0 Å². The van der Waals surface area contributed by atoms with Gasteiger partial charge in [0, 0.05) is 25.0 Å². The first-order chi connectivity index (χ1) is 8.88. The summed E-state index contributed by atoms with van der Waals surface area (Å²) in [5.74, 6) is 1.18. The van der Waals surface area contributed by atoms with Crippen molar-refractivity contribution in [2.24, 2.45) is 0 Å². The SMILES string of the molecule is N#CNc1cc(NCCc2ccncc2)ncn1. The molecule has 0 aliphatic rings. The predicted molar refractivity (Wildman–Crippen MR) is 67.7 cm³/mol. The highest BCUT2D eigenvalue weighted by Gasteiger charge is 1.97. The third-order valence-corrected chi connectivity index (χ3v) is 2.32. The van der Waals surface area contributed by atoms with Crippen LogP contribution in [0.3, 0.4) is 0 Å². The predicted octanol–water partition coefficient (Wildman–Crippen LogP) is 1.42. The van der Waals surface area contributed by atoms with Crippen LogP contribution in [-0.4, -0.2) is 21.5 Å². The highest BCUT2D eigenvalue weighted by atomic mass is 15.1. The number of nitriles is 1. The van der Waals surface area contributed by atoms with Crippen LogP contribution in [-0.2, 0) is 6.42 Å². The fourth-order valence-corrected chi connectivity index (χ4v) is 1.46. The fourth-order valence-electron chi connectivity index (χ4n) is 1.46. The van der Waals surface area contributed by atoms with E-state index in [0.717, 1.165) is 13.0 Å². The molecule has 0 bridgehead atoms. The molecule has 18 heavy (non-hydrogen) atoms. The Bertz CT molecular complexity index is 534. The van der Waals surface area contributed by atoms with Crippen LogP contribution in [0, 0.1) is 11.5 Å². The number of nitrogens with zero attached hydrogens (tertiary/aromatic N) is 4. The average Bonchev–Trinajstić information content (AvgIpc) is 2.41. The quantitative estimate of drug-likeness (QED) is 0.607. The monoisotopic (exact) mass is 240 g/mol. The zero-order chi connectivity index (χ0) is 12.6. The summed E-state index contributed by atoms with van der Waals surface area (Å²) in [5, 5.41) is 14.1. The minimum atomic E-state index is 0.485. The van der Waals surface area contributed by atoms with Crippen molar-refractivity contribution in [3.8, 4) is 6.19 Å². The Morgan fingerprint density at radius 2 is 1.94 bits per heavy atom. The number of hydrogen-bond donors (Lipinski definition) is 2. The first-order valence-corrected chi connectivity index (χ1v) is 5.48. The first-order valence-electron chi connectivity index (χ1n) is 5.48. The van der Waals surface area contributed by atoms with Crippen molar-refractivity contribution in [2.45, 2.75) is 6.42 Å². The molecule has 0 fully saturated rings. The molecule has 2 rings (SSSR count). The molecule has 6 nitrogen and oxygen atoms in total. The van der Waals surface area contributed by atoms with Crippen molar-refractivity contribution in [1.29, 1.82) is 5.26 Å². The summed E-state index contributed by atoms with van der Waals surface area (Å²) in [7, 11) is 0. The molecule has 0 aliphatic heterocycles. The van der Waals surface area contributed by atoms with E-state index in [2.05, 4.69) is 25.6 Å². The zero-order valence-corrected chi connectivity index (χ0v) is 9.67. The van der Waals surface area contributed by atoms with Crippen molar-refractivity contribution < 1.29 is 0 Å². The Morgan fingerprint density at radius 1 is 1.17 bits per heavy atom. The smallest absolute Gasteiger partial charge is 0.182 e. The fraction of sp³-hybridized carbons (Fsp3) is 0.167. The molecular weight excluding hydrogens is 228 g/mol. The standard InChI is InChI=1S/C12H12N6/c13-8-16-12-7-11(17-9-18-12)15-6-3-10-1-4-14-5-2-10/h1-2,4-5,7,9H,3,6H2,(H2,15,16,17,18). The zero-order valence-electron chi connectivity index (χ0n) is 9.67. The summed E-state index contributed by atoms with van der Waals surface area (Å²) in [6, 6.07) is 5.64. The molecule has 0 aliphatic carbocycles. The summed E-state index contributed by atoms with van der Waals surface area (Å²) < 4.78 is 0. The largest absolute Gasteiger partial charge is 0.370 e. The van der Waals surface area contributed by atoms with Crippen LogP contribution in [0.1, 0.15) is 5.56 Å². The van der Waals surface area contributed by atoms with Crippen molar-refractivity contribution in [3.63, 3.8) is 0 Å². The second-order valence-electron chi connectivity index (χ2n) is 3.56. The second-order valence-corrected chi connectivity index (χ2v) is 3.56. The van der Waals surface area contributed by atoms with Gasteiger partial charge in [-0.3, -0.25) is 10.3 Å².